The van der Waals surface area contributed by atoms with Crippen molar-refractivity contribution in [1.29, 1.82) is 0 Å². The average molecular weight is 260 g/mol. The van der Waals surface area contributed by atoms with E-state index in [0.29, 0.717) is 0 Å². The van der Waals surface area contributed by atoms with Gasteiger partial charge in [-0.15, -0.1) is 0 Å². The summed E-state index contributed by atoms with van der Waals surface area (Å²) in [5, 5.41) is 3.09. The second-order valence-corrected chi connectivity index (χ2v) is 6.21. The largest absolute Gasteiger partial charge is 0.358 e. The van der Waals surface area contributed by atoms with Crippen molar-refractivity contribution < 1.29 is 0 Å². The zero-order valence-electron chi connectivity index (χ0n) is 12.0. The van der Waals surface area contributed by atoms with Crippen molar-refractivity contribution in [2.24, 2.45) is 17.8 Å². The molecule has 2 fully saturated rings. The van der Waals surface area contributed by atoms with Crippen LogP contribution in [0, 0.1) is 17.8 Å². The minimum absolute atomic E-state index is 0.781. The lowest BCUT2D eigenvalue weighted by Gasteiger charge is -2.27. The molecule has 3 unspecified atom stereocenters. The Hall–Kier alpha value is -1.16. The van der Waals surface area contributed by atoms with E-state index in [0.717, 1.165) is 42.4 Å². The molecule has 1 heterocycles. The molecule has 0 saturated heterocycles. The molecule has 2 bridgehead atoms. The fourth-order valence-corrected chi connectivity index (χ4v) is 3.86. The third-order valence-corrected chi connectivity index (χ3v) is 4.83. The van der Waals surface area contributed by atoms with Gasteiger partial charge in [-0.1, -0.05) is 6.42 Å². The molecule has 0 aromatic carbocycles. The summed E-state index contributed by atoms with van der Waals surface area (Å²) in [6.07, 6.45) is 9.62. The highest BCUT2D eigenvalue weighted by Gasteiger charge is 2.39. The summed E-state index contributed by atoms with van der Waals surface area (Å²) in [5.74, 6) is 3.88. The van der Waals surface area contributed by atoms with E-state index in [1.807, 2.05) is 19.4 Å². The lowest BCUT2D eigenvalue weighted by atomic mass is 9.88. The van der Waals surface area contributed by atoms with Crippen molar-refractivity contribution in [2.75, 3.05) is 25.5 Å². The van der Waals surface area contributed by atoms with Crippen molar-refractivity contribution in [3.05, 3.63) is 18.1 Å². The van der Waals surface area contributed by atoms with Gasteiger partial charge in [0, 0.05) is 20.1 Å². The lowest BCUT2D eigenvalue weighted by Crippen LogP contribution is -2.29. The maximum atomic E-state index is 4.52. The summed E-state index contributed by atoms with van der Waals surface area (Å²) < 4.78 is 0. The Balaban J connectivity index is 1.59. The van der Waals surface area contributed by atoms with Gasteiger partial charge in [-0.05, 0) is 44.1 Å². The van der Waals surface area contributed by atoms with Gasteiger partial charge in [0.15, 0.2) is 0 Å². The first-order valence-corrected chi connectivity index (χ1v) is 7.43. The van der Waals surface area contributed by atoms with E-state index in [9.17, 15) is 0 Å². The predicted octanol–water partition coefficient (Wildman–Crippen LogP) is 2.07. The summed E-state index contributed by atoms with van der Waals surface area (Å²) in [7, 11) is 4.07. The second-order valence-electron chi connectivity index (χ2n) is 6.21. The van der Waals surface area contributed by atoms with Crippen LogP contribution in [0.4, 0.5) is 5.82 Å². The van der Waals surface area contributed by atoms with Crippen LogP contribution < -0.4 is 10.2 Å². The Kier molecular flexibility index (Phi) is 3.69. The molecule has 0 aliphatic heterocycles. The molecule has 4 heteroatoms. The van der Waals surface area contributed by atoms with Crippen LogP contribution in [-0.2, 0) is 6.54 Å². The molecule has 1 aromatic rings. The van der Waals surface area contributed by atoms with Gasteiger partial charge in [0.1, 0.15) is 5.82 Å². The zero-order valence-corrected chi connectivity index (χ0v) is 12.0. The fraction of sp³-hybridized carbons (Fsp3) is 0.733. The van der Waals surface area contributed by atoms with Gasteiger partial charge in [-0.25, -0.2) is 4.98 Å². The van der Waals surface area contributed by atoms with Gasteiger partial charge < -0.3 is 10.2 Å². The fourth-order valence-electron chi connectivity index (χ4n) is 3.86. The summed E-state index contributed by atoms with van der Waals surface area (Å²) in [6.45, 7) is 1.92. The maximum absolute atomic E-state index is 4.52. The van der Waals surface area contributed by atoms with E-state index in [1.165, 1.54) is 25.7 Å². The summed E-state index contributed by atoms with van der Waals surface area (Å²) >= 11 is 0. The van der Waals surface area contributed by atoms with E-state index in [1.54, 1.807) is 0 Å². The summed E-state index contributed by atoms with van der Waals surface area (Å²) in [4.78, 5) is 11.2. The molecule has 0 spiro atoms. The molecule has 3 rings (SSSR count). The Morgan fingerprint density at radius 1 is 1.26 bits per heavy atom. The molecule has 1 N–H and O–H groups in total. The van der Waals surface area contributed by atoms with Crippen LogP contribution in [0.3, 0.4) is 0 Å². The molecular weight excluding hydrogens is 236 g/mol. The van der Waals surface area contributed by atoms with Gasteiger partial charge in [0.25, 0.3) is 0 Å². The van der Waals surface area contributed by atoms with Gasteiger partial charge >= 0.3 is 0 Å². The molecule has 0 radical (unpaired) electrons. The third kappa shape index (κ3) is 2.73. The van der Waals surface area contributed by atoms with E-state index in [4.69, 9.17) is 0 Å². The van der Waals surface area contributed by atoms with Crippen LogP contribution in [0.1, 0.15) is 31.4 Å². The number of nitrogens with one attached hydrogen (secondary N) is 1. The normalized spacial score (nSPS) is 28.8. The first kappa shape index (κ1) is 12.9. The molecule has 3 atom stereocenters. The van der Waals surface area contributed by atoms with Crippen LogP contribution in [0.2, 0.25) is 0 Å². The van der Waals surface area contributed by atoms with Crippen molar-refractivity contribution >= 4 is 5.82 Å². The van der Waals surface area contributed by atoms with Gasteiger partial charge in [-0.2, -0.15) is 0 Å². The molecule has 2 aliphatic rings. The van der Waals surface area contributed by atoms with Crippen LogP contribution in [0.5, 0.6) is 0 Å². The van der Waals surface area contributed by atoms with E-state index in [2.05, 4.69) is 27.2 Å². The second kappa shape index (κ2) is 5.45. The molecule has 1 aromatic heterocycles. The first-order chi connectivity index (χ1) is 9.26. The zero-order chi connectivity index (χ0) is 13.2. The highest BCUT2D eigenvalue weighted by molar-refractivity contribution is 5.34. The monoisotopic (exact) mass is 260 g/mol. The summed E-state index contributed by atoms with van der Waals surface area (Å²) in [6, 6.07) is 0. The number of rotatable bonds is 5. The molecule has 104 valence electrons. The highest BCUT2D eigenvalue weighted by atomic mass is 15.2. The van der Waals surface area contributed by atoms with Crippen LogP contribution in [0.15, 0.2) is 12.4 Å². The quantitative estimate of drug-likeness (QED) is 0.880. The number of fused-ring (bicyclic) bond motifs is 2. The minimum Gasteiger partial charge on any atom is -0.358 e. The molecule has 0 amide bonds. The first-order valence-electron chi connectivity index (χ1n) is 7.43. The van der Waals surface area contributed by atoms with Gasteiger partial charge in [-0.3, -0.25) is 4.98 Å². The van der Waals surface area contributed by atoms with E-state index >= 15 is 0 Å². The van der Waals surface area contributed by atoms with Crippen molar-refractivity contribution in [2.45, 2.75) is 32.2 Å². The molecule has 4 nitrogen and oxygen atoms in total. The average Bonchev–Trinajstić information content (AvgIpc) is 3.02. The Bertz CT molecular complexity index is 417. The Morgan fingerprint density at radius 2 is 2.16 bits per heavy atom. The maximum Gasteiger partial charge on any atom is 0.146 e. The number of aromatic nitrogens is 2. The summed E-state index contributed by atoms with van der Waals surface area (Å²) in [5.41, 5.74) is 1.000. The topological polar surface area (TPSA) is 41.1 Å². The van der Waals surface area contributed by atoms with Crippen molar-refractivity contribution in [1.82, 2.24) is 15.3 Å². The van der Waals surface area contributed by atoms with E-state index in [-0.39, 0.29) is 0 Å². The number of hydrogen-bond acceptors (Lipinski definition) is 4. The van der Waals surface area contributed by atoms with Gasteiger partial charge in [0.2, 0.25) is 0 Å². The Morgan fingerprint density at radius 3 is 2.74 bits per heavy atom. The SMILES string of the molecule is CNCc1cnc(N(C)CC2CC3CCC2C3)cn1. The van der Waals surface area contributed by atoms with Crippen molar-refractivity contribution in [3.8, 4) is 0 Å². The van der Waals surface area contributed by atoms with Gasteiger partial charge in [0.05, 0.1) is 18.1 Å². The number of hydrogen-bond donors (Lipinski definition) is 1. The van der Waals surface area contributed by atoms with E-state index < -0.39 is 0 Å². The standard InChI is InChI=1S/C15H24N4/c1-16-7-14-8-18-15(9-17-14)19(2)10-13-6-11-3-4-12(13)5-11/h8-9,11-13,16H,3-7,10H2,1-2H3. The molecular formula is C15H24N4. The molecule has 2 saturated carbocycles. The molecule has 19 heavy (non-hydrogen) atoms. The lowest BCUT2D eigenvalue weighted by molar-refractivity contribution is 0.337. The highest BCUT2D eigenvalue weighted by Crippen LogP contribution is 2.48. The van der Waals surface area contributed by atoms with Crippen LogP contribution in [0.25, 0.3) is 0 Å². The molecule has 2 aliphatic carbocycles. The van der Waals surface area contributed by atoms with Crippen LogP contribution >= 0.6 is 0 Å². The Labute approximate surface area is 115 Å². The minimum atomic E-state index is 0.781. The smallest absolute Gasteiger partial charge is 0.146 e. The van der Waals surface area contributed by atoms with Crippen molar-refractivity contribution in [3.63, 3.8) is 0 Å². The third-order valence-electron chi connectivity index (χ3n) is 4.83. The van der Waals surface area contributed by atoms with Crippen LogP contribution in [-0.4, -0.2) is 30.6 Å². The number of anilines is 1. The predicted molar refractivity (Wildman–Crippen MR) is 77.0 cm³/mol. The number of nitrogens with zero attached hydrogens (tertiary/aromatic N) is 3.